The minimum absolute atomic E-state index is 0.0306. The third-order valence-electron chi connectivity index (χ3n) is 6.36. The van der Waals surface area contributed by atoms with Crippen molar-refractivity contribution in [3.8, 4) is 0 Å². The Labute approximate surface area is 192 Å². The lowest BCUT2D eigenvalue weighted by atomic mass is 10.1. The van der Waals surface area contributed by atoms with E-state index in [0.717, 1.165) is 6.42 Å². The highest BCUT2D eigenvalue weighted by Crippen LogP contribution is 2.47. The van der Waals surface area contributed by atoms with Crippen LogP contribution in [0.4, 0.5) is 5.69 Å². The molecule has 2 atom stereocenters. The van der Waals surface area contributed by atoms with Crippen molar-refractivity contribution in [2.45, 2.75) is 61.4 Å². The van der Waals surface area contributed by atoms with Gasteiger partial charge in [0.05, 0.1) is 9.77 Å². The van der Waals surface area contributed by atoms with Crippen molar-refractivity contribution < 1.29 is 22.8 Å². The van der Waals surface area contributed by atoms with Crippen molar-refractivity contribution in [2.24, 2.45) is 0 Å². The summed E-state index contributed by atoms with van der Waals surface area (Å²) >= 11 is 1.66. The minimum Gasteiger partial charge on any atom is -0.351 e. The van der Waals surface area contributed by atoms with Gasteiger partial charge in [0.15, 0.2) is 0 Å². The second kappa shape index (κ2) is 8.68. The smallest absolute Gasteiger partial charge is 0.243 e. The van der Waals surface area contributed by atoms with Crippen molar-refractivity contribution in [3.63, 3.8) is 0 Å². The number of thioether (sulfide) groups is 1. The molecule has 3 fully saturated rings. The highest BCUT2D eigenvalue weighted by atomic mass is 32.2. The first kappa shape index (κ1) is 23.1. The van der Waals surface area contributed by atoms with E-state index in [0.29, 0.717) is 43.8 Å². The zero-order valence-electron chi connectivity index (χ0n) is 18.2. The Morgan fingerprint density at radius 2 is 1.81 bits per heavy atom. The summed E-state index contributed by atoms with van der Waals surface area (Å²) in [5.41, 5.74) is 0.538. The molecule has 0 bridgehead atoms. The Morgan fingerprint density at radius 1 is 1.16 bits per heavy atom. The number of fused-ring (bicyclic) bond motifs is 1. The summed E-state index contributed by atoms with van der Waals surface area (Å²) in [6, 6.07) is 5.52. The zero-order chi connectivity index (χ0) is 23.1. The number of anilines is 1. The summed E-state index contributed by atoms with van der Waals surface area (Å²) in [5.74, 6) is 0.254. The van der Waals surface area contributed by atoms with E-state index >= 15 is 0 Å². The number of nitrogens with one attached hydrogen (secondary N) is 2. The maximum Gasteiger partial charge on any atom is 0.243 e. The lowest BCUT2D eigenvalue weighted by Crippen LogP contribution is -2.54. The van der Waals surface area contributed by atoms with Crippen LogP contribution in [0, 0.1) is 0 Å². The van der Waals surface area contributed by atoms with E-state index in [1.807, 2.05) is 6.92 Å². The number of sulfonamides is 1. The Balaban J connectivity index is 1.33. The fourth-order valence-electron chi connectivity index (χ4n) is 4.62. The molecule has 11 heteroatoms. The first-order valence-corrected chi connectivity index (χ1v) is 13.2. The largest absolute Gasteiger partial charge is 0.351 e. The van der Waals surface area contributed by atoms with E-state index in [1.165, 1.54) is 23.4 Å². The summed E-state index contributed by atoms with van der Waals surface area (Å²) in [6.07, 6.45) is 2.28. The molecule has 0 unspecified atom stereocenters. The van der Waals surface area contributed by atoms with E-state index in [2.05, 4.69) is 10.6 Å². The minimum atomic E-state index is -3.65. The number of nitrogens with zero attached hydrogens (tertiary/aromatic N) is 2. The van der Waals surface area contributed by atoms with E-state index in [4.69, 9.17) is 0 Å². The molecule has 1 aromatic rings. The molecule has 174 valence electrons. The van der Waals surface area contributed by atoms with Crippen LogP contribution in [-0.2, 0) is 24.4 Å². The monoisotopic (exact) mass is 480 g/mol. The van der Waals surface area contributed by atoms with Crippen LogP contribution in [0.1, 0.15) is 39.5 Å². The molecule has 0 aliphatic carbocycles. The average molecular weight is 481 g/mol. The molecule has 3 heterocycles. The van der Waals surface area contributed by atoms with E-state index in [-0.39, 0.29) is 33.5 Å². The first-order valence-electron chi connectivity index (χ1n) is 10.7. The molecular formula is C21H28N4O5S2. The summed E-state index contributed by atoms with van der Waals surface area (Å²) in [5, 5.41) is 5.66. The Bertz CT molecular complexity index is 1020. The lowest BCUT2D eigenvalue weighted by molar-refractivity contribution is -0.138. The van der Waals surface area contributed by atoms with Gasteiger partial charge >= 0.3 is 0 Å². The molecule has 3 saturated heterocycles. The highest BCUT2D eigenvalue weighted by Gasteiger charge is 2.53. The SMILES string of the molecule is CC(=O)Nc1ccc(S(=O)(=O)N2CCC(NC(=O)[C@@H]3CS[C@]4(C)CCC(=O)N34)CC2)cc1. The Kier molecular flexibility index (Phi) is 6.25. The molecule has 2 N–H and O–H groups in total. The number of piperidine rings is 1. The second-order valence-corrected chi connectivity index (χ2v) is 12.1. The summed E-state index contributed by atoms with van der Waals surface area (Å²) < 4.78 is 27.3. The third-order valence-corrected chi connectivity index (χ3v) is 9.78. The van der Waals surface area contributed by atoms with E-state index < -0.39 is 16.1 Å². The molecule has 0 aromatic heterocycles. The van der Waals surface area contributed by atoms with Gasteiger partial charge in [0.1, 0.15) is 6.04 Å². The Hall–Kier alpha value is -2.11. The second-order valence-electron chi connectivity index (χ2n) is 8.66. The van der Waals surface area contributed by atoms with Crippen LogP contribution in [0.2, 0.25) is 0 Å². The molecule has 3 aliphatic rings. The molecule has 1 aromatic carbocycles. The average Bonchev–Trinajstić information content (AvgIpc) is 3.24. The van der Waals surface area contributed by atoms with Crippen LogP contribution in [0.3, 0.4) is 0 Å². The first-order chi connectivity index (χ1) is 15.1. The number of carbonyl (C=O) groups is 3. The van der Waals surface area contributed by atoms with Gasteiger partial charge in [-0.2, -0.15) is 4.31 Å². The Morgan fingerprint density at radius 3 is 2.44 bits per heavy atom. The van der Waals surface area contributed by atoms with Crippen LogP contribution in [-0.4, -0.2) is 71.1 Å². The quantitative estimate of drug-likeness (QED) is 0.658. The molecule has 3 amide bonds. The van der Waals surface area contributed by atoms with Gasteiger partial charge in [-0.05, 0) is 50.5 Å². The van der Waals surface area contributed by atoms with Crippen LogP contribution in [0.15, 0.2) is 29.2 Å². The summed E-state index contributed by atoms with van der Waals surface area (Å²) in [7, 11) is -3.65. The fraction of sp³-hybridized carbons (Fsp3) is 0.571. The van der Waals surface area contributed by atoms with Crippen LogP contribution in [0.5, 0.6) is 0 Å². The molecular weight excluding hydrogens is 452 g/mol. The predicted octanol–water partition coefficient (Wildman–Crippen LogP) is 1.37. The zero-order valence-corrected chi connectivity index (χ0v) is 19.8. The standard InChI is InChI=1S/C21H28N4O5S2/c1-14(26)22-15-3-5-17(6-4-15)32(29,30)24-11-8-16(9-12-24)23-20(28)18-13-31-21(2)10-7-19(27)25(18)21/h3-6,16,18H,7-13H2,1-2H3,(H,22,26)(H,23,28)/t18-,21+/m0/s1. The number of rotatable bonds is 5. The van der Waals surface area contributed by atoms with Gasteiger partial charge in [-0.15, -0.1) is 11.8 Å². The van der Waals surface area contributed by atoms with Crippen LogP contribution < -0.4 is 10.6 Å². The van der Waals surface area contributed by atoms with Gasteiger partial charge in [0.2, 0.25) is 27.7 Å². The molecule has 32 heavy (non-hydrogen) atoms. The molecule has 0 spiro atoms. The number of amides is 3. The van der Waals surface area contributed by atoms with E-state index in [1.54, 1.807) is 28.8 Å². The van der Waals surface area contributed by atoms with E-state index in [9.17, 15) is 22.8 Å². The lowest BCUT2D eigenvalue weighted by Gasteiger charge is -2.34. The molecule has 0 saturated carbocycles. The molecule has 3 aliphatic heterocycles. The summed E-state index contributed by atoms with van der Waals surface area (Å²) in [4.78, 5) is 37.9. The third kappa shape index (κ3) is 4.38. The van der Waals surface area contributed by atoms with Gasteiger partial charge in [0.25, 0.3) is 0 Å². The van der Waals surface area contributed by atoms with Gasteiger partial charge in [-0.3, -0.25) is 14.4 Å². The number of carbonyl (C=O) groups excluding carboxylic acids is 3. The topological polar surface area (TPSA) is 116 Å². The normalized spacial score (nSPS) is 26.8. The number of hydrogen-bond donors (Lipinski definition) is 2. The predicted molar refractivity (Wildman–Crippen MR) is 121 cm³/mol. The van der Waals surface area contributed by atoms with Crippen molar-refractivity contribution in [2.75, 3.05) is 24.2 Å². The maximum atomic E-state index is 13.0. The maximum absolute atomic E-state index is 13.0. The van der Waals surface area contributed by atoms with Crippen molar-refractivity contribution in [1.29, 1.82) is 0 Å². The van der Waals surface area contributed by atoms with Crippen molar-refractivity contribution in [3.05, 3.63) is 24.3 Å². The van der Waals surface area contributed by atoms with Gasteiger partial charge in [-0.25, -0.2) is 8.42 Å². The number of hydrogen-bond acceptors (Lipinski definition) is 6. The van der Waals surface area contributed by atoms with Gasteiger partial charge < -0.3 is 15.5 Å². The van der Waals surface area contributed by atoms with Crippen LogP contribution in [0.25, 0.3) is 0 Å². The highest BCUT2D eigenvalue weighted by molar-refractivity contribution is 8.01. The molecule has 4 rings (SSSR count). The van der Waals surface area contributed by atoms with Gasteiger partial charge in [0, 0.05) is 43.9 Å². The molecule has 0 radical (unpaired) electrons. The molecule has 9 nitrogen and oxygen atoms in total. The van der Waals surface area contributed by atoms with Crippen molar-refractivity contribution in [1.82, 2.24) is 14.5 Å². The van der Waals surface area contributed by atoms with Crippen LogP contribution >= 0.6 is 11.8 Å². The summed E-state index contributed by atoms with van der Waals surface area (Å²) in [6.45, 7) is 4.02. The van der Waals surface area contributed by atoms with Crippen molar-refractivity contribution >= 4 is 45.2 Å². The number of benzene rings is 1. The van der Waals surface area contributed by atoms with Gasteiger partial charge in [-0.1, -0.05) is 0 Å². The fourth-order valence-corrected chi connectivity index (χ4v) is 7.52.